The van der Waals surface area contributed by atoms with Gasteiger partial charge in [0.25, 0.3) is 5.22 Å². The first-order chi connectivity index (χ1) is 8.31. The number of hydrazine groups is 1. The minimum atomic E-state index is 0.550. The van der Waals surface area contributed by atoms with Crippen LogP contribution in [-0.4, -0.2) is 15.0 Å². The topological polar surface area (TPSA) is 89.9 Å². The lowest BCUT2D eigenvalue weighted by atomic mass is 10.3. The van der Waals surface area contributed by atoms with Crippen LogP contribution in [0.3, 0.4) is 0 Å². The smallest absolute Gasteiger partial charge is 0.261 e. The third kappa shape index (κ3) is 3.18. The van der Waals surface area contributed by atoms with Gasteiger partial charge in [-0.1, -0.05) is 6.92 Å². The number of nitrogen functional groups attached to an aromatic ring is 1. The molecular formula is C10H13N5OS. The van der Waals surface area contributed by atoms with E-state index in [0.29, 0.717) is 11.0 Å². The Hall–Kier alpha value is -1.60. The van der Waals surface area contributed by atoms with Gasteiger partial charge in [-0.3, -0.25) is 0 Å². The second kappa shape index (κ2) is 5.65. The van der Waals surface area contributed by atoms with E-state index in [0.717, 1.165) is 23.7 Å². The van der Waals surface area contributed by atoms with Crippen LogP contribution in [0, 0.1) is 0 Å². The van der Waals surface area contributed by atoms with Gasteiger partial charge < -0.3 is 9.84 Å². The van der Waals surface area contributed by atoms with Gasteiger partial charge in [0.15, 0.2) is 0 Å². The Morgan fingerprint density at radius 2 is 2.35 bits per heavy atom. The monoisotopic (exact) mass is 251 g/mol. The summed E-state index contributed by atoms with van der Waals surface area (Å²) < 4.78 is 5.15. The fraction of sp³-hybridized carbons (Fsp3) is 0.300. The normalized spacial score (nSPS) is 10.5. The van der Waals surface area contributed by atoms with Crippen LogP contribution >= 0.6 is 11.8 Å². The number of nitrogens with zero attached hydrogens (tertiary/aromatic N) is 3. The van der Waals surface area contributed by atoms with Crippen molar-refractivity contribution in [1.82, 2.24) is 15.0 Å². The number of hydrogen-bond acceptors (Lipinski definition) is 7. The molecule has 0 saturated carbocycles. The van der Waals surface area contributed by atoms with Crippen LogP contribution < -0.4 is 11.3 Å². The standard InChI is InChI=1S/C10H13N5OS/c1-2-3-7-13-8(15-11)6-9(14-7)17-10-12-4-5-16-10/h4-6H,2-3,11H2,1H3,(H,13,14,15). The number of aryl methyl sites for hydroxylation is 1. The van der Waals surface area contributed by atoms with Gasteiger partial charge >= 0.3 is 0 Å². The molecule has 0 unspecified atom stereocenters. The minimum Gasteiger partial charge on any atom is -0.440 e. The van der Waals surface area contributed by atoms with Gasteiger partial charge in [-0.05, 0) is 18.2 Å². The Morgan fingerprint density at radius 3 is 3.00 bits per heavy atom. The zero-order chi connectivity index (χ0) is 12.1. The molecule has 3 N–H and O–H groups in total. The zero-order valence-electron chi connectivity index (χ0n) is 9.38. The molecule has 2 aromatic rings. The first-order valence-electron chi connectivity index (χ1n) is 5.23. The van der Waals surface area contributed by atoms with Crippen LogP contribution in [-0.2, 0) is 6.42 Å². The molecule has 7 heteroatoms. The Labute approximate surface area is 103 Å². The van der Waals surface area contributed by atoms with Crippen molar-refractivity contribution in [3.05, 3.63) is 24.4 Å². The summed E-state index contributed by atoms with van der Waals surface area (Å²) in [5, 5.41) is 1.31. The lowest BCUT2D eigenvalue weighted by Gasteiger charge is -2.05. The van der Waals surface area contributed by atoms with Crippen molar-refractivity contribution in [2.24, 2.45) is 5.84 Å². The predicted octanol–water partition coefficient (Wildman–Crippen LogP) is 1.85. The maximum atomic E-state index is 5.37. The number of oxazole rings is 1. The number of anilines is 1. The summed E-state index contributed by atoms with van der Waals surface area (Å²) in [6.07, 6.45) is 4.92. The van der Waals surface area contributed by atoms with Crippen LogP contribution in [0.1, 0.15) is 19.2 Å². The van der Waals surface area contributed by atoms with Gasteiger partial charge in [0.1, 0.15) is 22.9 Å². The Morgan fingerprint density at radius 1 is 1.47 bits per heavy atom. The second-order valence-electron chi connectivity index (χ2n) is 3.30. The molecule has 2 heterocycles. The summed E-state index contributed by atoms with van der Waals surface area (Å²) >= 11 is 1.34. The van der Waals surface area contributed by atoms with E-state index in [-0.39, 0.29) is 0 Å². The summed E-state index contributed by atoms with van der Waals surface area (Å²) in [4.78, 5) is 12.7. The first-order valence-corrected chi connectivity index (χ1v) is 6.05. The average Bonchev–Trinajstić information content (AvgIpc) is 2.82. The van der Waals surface area contributed by atoms with E-state index in [1.54, 1.807) is 12.3 Å². The third-order valence-electron chi connectivity index (χ3n) is 1.97. The molecule has 0 fully saturated rings. The Balaban J connectivity index is 2.23. The van der Waals surface area contributed by atoms with Gasteiger partial charge in [0, 0.05) is 12.5 Å². The summed E-state index contributed by atoms with van der Waals surface area (Å²) in [6.45, 7) is 2.08. The van der Waals surface area contributed by atoms with Gasteiger partial charge in [0.05, 0.1) is 6.20 Å². The van der Waals surface area contributed by atoms with Crippen LogP contribution in [0.4, 0.5) is 5.82 Å². The molecule has 0 aromatic carbocycles. The SMILES string of the molecule is CCCc1nc(NN)cc(Sc2ncco2)n1. The van der Waals surface area contributed by atoms with Crippen LogP contribution in [0.2, 0.25) is 0 Å². The summed E-state index contributed by atoms with van der Waals surface area (Å²) in [5.41, 5.74) is 2.53. The van der Waals surface area contributed by atoms with Crippen molar-refractivity contribution in [3.63, 3.8) is 0 Å². The lowest BCUT2D eigenvalue weighted by molar-refractivity contribution is 0.454. The van der Waals surface area contributed by atoms with Crippen molar-refractivity contribution in [1.29, 1.82) is 0 Å². The molecule has 0 radical (unpaired) electrons. The molecule has 0 aliphatic rings. The highest BCUT2D eigenvalue weighted by Gasteiger charge is 2.07. The zero-order valence-corrected chi connectivity index (χ0v) is 10.2. The summed E-state index contributed by atoms with van der Waals surface area (Å²) in [5.74, 6) is 6.72. The molecule has 2 rings (SSSR count). The van der Waals surface area contributed by atoms with Gasteiger partial charge in [-0.15, -0.1) is 0 Å². The molecule has 0 amide bonds. The quantitative estimate of drug-likeness (QED) is 0.476. The number of hydrogen-bond donors (Lipinski definition) is 2. The molecule has 0 aliphatic carbocycles. The molecule has 17 heavy (non-hydrogen) atoms. The Kier molecular flexibility index (Phi) is 3.94. The number of nitrogens with two attached hydrogens (primary N) is 1. The van der Waals surface area contributed by atoms with Crippen molar-refractivity contribution in [3.8, 4) is 0 Å². The maximum Gasteiger partial charge on any atom is 0.261 e. The molecule has 0 bridgehead atoms. The highest BCUT2D eigenvalue weighted by molar-refractivity contribution is 7.99. The maximum absolute atomic E-state index is 5.37. The van der Waals surface area contributed by atoms with Crippen LogP contribution in [0.5, 0.6) is 0 Å². The lowest BCUT2D eigenvalue weighted by Crippen LogP contribution is -2.10. The fourth-order valence-corrected chi connectivity index (χ4v) is 2.00. The fourth-order valence-electron chi connectivity index (χ4n) is 1.28. The first kappa shape index (κ1) is 11.9. The van der Waals surface area contributed by atoms with Crippen LogP contribution in [0.15, 0.2) is 33.2 Å². The van der Waals surface area contributed by atoms with E-state index in [9.17, 15) is 0 Å². The molecule has 0 atom stereocenters. The highest BCUT2D eigenvalue weighted by atomic mass is 32.2. The van der Waals surface area contributed by atoms with Crippen molar-refractivity contribution in [2.45, 2.75) is 30.0 Å². The summed E-state index contributed by atoms with van der Waals surface area (Å²) in [6, 6.07) is 1.76. The largest absolute Gasteiger partial charge is 0.440 e. The second-order valence-corrected chi connectivity index (χ2v) is 4.27. The van der Waals surface area contributed by atoms with Crippen molar-refractivity contribution in [2.75, 3.05) is 5.43 Å². The van der Waals surface area contributed by atoms with Gasteiger partial charge in [-0.2, -0.15) is 0 Å². The Bertz CT molecular complexity index is 474. The number of aromatic nitrogens is 3. The van der Waals surface area contributed by atoms with E-state index < -0.39 is 0 Å². The molecule has 0 saturated heterocycles. The van der Waals surface area contributed by atoms with Crippen molar-refractivity contribution < 1.29 is 4.42 Å². The van der Waals surface area contributed by atoms with E-state index in [2.05, 4.69) is 27.3 Å². The molecule has 0 spiro atoms. The van der Waals surface area contributed by atoms with Gasteiger partial charge in [-0.25, -0.2) is 20.8 Å². The van der Waals surface area contributed by atoms with Crippen LogP contribution in [0.25, 0.3) is 0 Å². The van der Waals surface area contributed by atoms with E-state index >= 15 is 0 Å². The molecule has 6 nitrogen and oxygen atoms in total. The van der Waals surface area contributed by atoms with Crippen molar-refractivity contribution >= 4 is 17.6 Å². The molecule has 90 valence electrons. The highest BCUT2D eigenvalue weighted by Crippen LogP contribution is 2.25. The third-order valence-corrected chi connectivity index (χ3v) is 2.77. The van der Waals surface area contributed by atoms with Gasteiger partial charge in [0.2, 0.25) is 0 Å². The number of nitrogens with one attached hydrogen (secondary N) is 1. The molecule has 2 aromatic heterocycles. The van der Waals surface area contributed by atoms with E-state index in [1.807, 2.05) is 0 Å². The molecular weight excluding hydrogens is 238 g/mol. The van der Waals surface area contributed by atoms with E-state index in [1.165, 1.54) is 18.0 Å². The molecule has 0 aliphatic heterocycles. The summed E-state index contributed by atoms with van der Waals surface area (Å²) in [7, 11) is 0. The van der Waals surface area contributed by atoms with E-state index in [4.69, 9.17) is 10.3 Å². The average molecular weight is 251 g/mol. The number of rotatable bonds is 5. The minimum absolute atomic E-state index is 0.550. The predicted molar refractivity (Wildman–Crippen MR) is 64.5 cm³/mol.